The molecule has 0 amide bonds. The highest BCUT2D eigenvalue weighted by molar-refractivity contribution is 5.57. The molecule has 2 heteroatoms. The summed E-state index contributed by atoms with van der Waals surface area (Å²) < 4.78 is 0. The van der Waals surface area contributed by atoms with Crippen LogP contribution in [0.15, 0.2) is 0 Å². The Bertz CT molecular complexity index is 104. The molecule has 2 nitrogen and oxygen atoms in total. The smallest absolute Gasteiger partial charge is 0.136 e. The molecule has 0 aromatic heterocycles. The molecule has 1 atom stereocenters. The third-order valence-corrected chi connectivity index (χ3v) is 2.15. The Kier molecular flexibility index (Phi) is 8.46. The number of aldehydes is 1. The third kappa shape index (κ3) is 6.35. The van der Waals surface area contributed by atoms with Crippen LogP contribution in [0.3, 0.4) is 0 Å². The minimum absolute atomic E-state index is 0.0756. The van der Waals surface area contributed by atoms with E-state index in [0.717, 1.165) is 12.7 Å². The summed E-state index contributed by atoms with van der Waals surface area (Å²) in [7, 11) is 1.84. The maximum atomic E-state index is 10.4. The molecule has 0 aromatic carbocycles. The van der Waals surface area contributed by atoms with Crippen molar-refractivity contribution < 1.29 is 4.79 Å². The van der Waals surface area contributed by atoms with E-state index in [0.29, 0.717) is 0 Å². The van der Waals surface area contributed by atoms with E-state index in [9.17, 15) is 4.79 Å². The number of hydrogen-bond donors (Lipinski definition) is 1. The molecule has 12 heavy (non-hydrogen) atoms. The number of nitrogens with one attached hydrogen (secondary N) is 1. The molecule has 0 aliphatic carbocycles. The predicted molar refractivity (Wildman–Crippen MR) is 52.3 cm³/mol. The fourth-order valence-electron chi connectivity index (χ4n) is 1.25. The monoisotopic (exact) mass is 171 g/mol. The molecule has 0 radical (unpaired) electrons. The summed E-state index contributed by atoms with van der Waals surface area (Å²) in [5, 5.41) is 2.97. The van der Waals surface area contributed by atoms with E-state index in [2.05, 4.69) is 12.2 Å². The van der Waals surface area contributed by atoms with E-state index >= 15 is 0 Å². The van der Waals surface area contributed by atoms with E-state index in [4.69, 9.17) is 0 Å². The van der Waals surface area contributed by atoms with E-state index in [-0.39, 0.29) is 6.04 Å². The largest absolute Gasteiger partial charge is 0.311 e. The van der Waals surface area contributed by atoms with Crippen molar-refractivity contribution in [3.8, 4) is 0 Å². The number of likely N-dealkylation sites (N-methyl/N-ethyl adjacent to an activating group) is 1. The van der Waals surface area contributed by atoms with Crippen molar-refractivity contribution in [2.24, 2.45) is 0 Å². The molecule has 0 rings (SSSR count). The molecule has 1 N–H and O–H groups in total. The van der Waals surface area contributed by atoms with Crippen LogP contribution >= 0.6 is 0 Å². The lowest BCUT2D eigenvalue weighted by Gasteiger charge is -2.07. The van der Waals surface area contributed by atoms with Crippen molar-refractivity contribution in [1.29, 1.82) is 0 Å². The highest BCUT2D eigenvalue weighted by atomic mass is 16.1. The van der Waals surface area contributed by atoms with Gasteiger partial charge in [0.15, 0.2) is 0 Å². The summed E-state index contributed by atoms with van der Waals surface area (Å²) in [5.41, 5.74) is 0. The Morgan fingerprint density at radius 2 is 1.92 bits per heavy atom. The predicted octanol–water partition coefficient (Wildman–Crippen LogP) is 2.13. The van der Waals surface area contributed by atoms with Crippen LogP contribution in [0.25, 0.3) is 0 Å². The van der Waals surface area contributed by atoms with Crippen LogP contribution < -0.4 is 5.32 Å². The Hall–Kier alpha value is -0.370. The first-order valence-electron chi connectivity index (χ1n) is 4.97. The second-order valence-corrected chi connectivity index (χ2v) is 3.23. The molecule has 1 unspecified atom stereocenters. The summed E-state index contributed by atoms with van der Waals surface area (Å²) in [6, 6.07) is 0.0756. The Labute approximate surface area is 75.7 Å². The maximum Gasteiger partial charge on any atom is 0.136 e. The standard InChI is InChI=1S/C10H21NO/c1-3-4-5-6-7-8-10(9-12)11-2/h9-11H,3-8H2,1-2H3. The van der Waals surface area contributed by atoms with Gasteiger partial charge in [0.25, 0.3) is 0 Å². The quantitative estimate of drug-likeness (QED) is 0.448. The molecule has 0 bridgehead atoms. The van der Waals surface area contributed by atoms with E-state index in [1.807, 2.05) is 7.05 Å². The van der Waals surface area contributed by atoms with Gasteiger partial charge in [0.1, 0.15) is 6.29 Å². The first-order chi connectivity index (χ1) is 5.85. The molecule has 72 valence electrons. The number of unbranched alkanes of at least 4 members (excludes halogenated alkanes) is 4. The average molecular weight is 171 g/mol. The molecular formula is C10H21NO. The molecule has 0 aliphatic rings. The first kappa shape index (κ1) is 11.6. The Morgan fingerprint density at radius 1 is 1.25 bits per heavy atom. The molecule has 0 heterocycles. The fraction of sp³-hybridized carbons (Fsp3) is 0.900. The Balaban J connectivity index is 3.12. The van der Waals surface area contributed by atoms with Crippen LogP contribution in [0.4, 0.5) is 0 Å². The van der Waals surface area contributed by atoms with Crippen molar-refractivity contribution in [3.63, 3.8) is 0 Å². The summed E-state index contributed by atoms with van der Waals surface area (Å²) >= 11 is 0. The van der Waals surface area contributed by atoms with Gasteiger partial charge in [0.05, 0.1) is 6.04 Å². The molecule has 0 aromatic rings. The molecule has 0 aliphatic heterocycles. The second kappa shape index (κ2) is 8.72. The van der Waals surface area contributed by atoms with Gasteiger partial charge >= 0.3 is 0 Å². The molecule has 0 saturated heterocycles. The van der Waals surface area contributed by atoms with Crippen LogP contribution in [0.2, 0.25) is 0 Å². The fourth-order valence-corrected chi connectivity index (χ4v) is 1.25. The molecular weight excluding hydrogens is 150 g/mol. The minimum atomic E-state index is 0.0756. The Morgan fingerprint density at radius 3 is 2.42 bits per heavy atom. The normalized spacial score (nSPS) is 12.8. The number of hydrogen-bond acceptors (Lipinski definition) is 2. The van der Waals surface area contributed by atoms with Crippen molar-refractivity contribution in [2.45, 2.75) is 51.5 Å². The van der Waals surface area contributed by atoms with E-state index < -0.39 is 0 Å². The van der Waals surface area contributed by atoms with Gasteiger partial charge in [0, 0.05) is 0 Å². The summed E-state index contributed by atoms with van der Waals surface area (Å²) in [6.07, 6.45) is 8.34. The summed E-state index contributed by atoms with van der Waals surface area (Å²) in [6.45, 7) is 2.21. The van der Waals surface area contributed by atoms with Crippen LogP contribution in [-0.4, -0.2) is 19.4 Å². The SMILES string of the molecule is CCCCCCCC(C=O)NC. The summed E-state index contributed by atoms with van der Waals surface area (Å²) in [4.78, 5) is 10.4. The zero-order chi connectivity index (χ0) is 9.23. The molecule has 0 spiro atoms. The van der Waals surface area contributed by atoms with Gasteiger partial charge in [0.2, 0.25) is 0 Å². The van der Waals surface area contributed by atoms with E-state index in [1.54, 1.807) is 0 Å². The van der Waals surface area contributed by atoms with Gasteiger partial charge in [-0.05, 0) is 13.5 Å². The van der Waals surface area contributed by atoms with Crippen LogP contribution in [0.1, 0.15) is 45.4 Å². The lowest BCUT2D eigenvalue weighted by Crippen LogP contribution is -2.26. The zero-order valence-electron chi connectivity index (χ0n) is 8.31. The summed E-state index contributed by atoms with van der Waals surface area (Å²) in [5.74, 6) is 0. The first-order valence-corrected chi connectivity index (χ1v) is 4.97. The van der Waals surface area contributed by atoms with Gasteiger partial charge in [-0.25, -0.2) is 0 Å². The van der Waals surface area contributed by atoms with Crippen molar-refractivity contribution >= 4 is 6.29 Å². The maximum absolute atomic E-state index is 10.4. The lowest BCUT2D eigenvalue weighted by atomic mass is 10.1. The minimum Gasteiger partial charge on any atom is -0.311 e. The zero-order valence-corrected chi connectivity index (χ0v) is 8.31. The van der Waals surface area contributed by atoms with Crippen molar-refractivity contribution in [3.05, 3.63) is 0 Å². The van der Waals surface area contributed by atoms with Crippen molar-refractivity contribution in [1.82, 2.24) is 5.32 Å². The van der Waals surface area contributed by atoms with Crippen LogP contribution in [-0.2, 0) is 4.79 Å². The highest BCUT2D eigenvalue weighted by Gasteiger charge is 2.01. The van der Waals surface area contributed by atoms with Crippen LogP contribution in [0.5, 0.6) is 0 Å². The lowest BCUT2D eigenvalue weighted by molar-refractivity contribution is -0.109. The van der Waals surface area contributed by atoms with Gasteiger partial charge in [-0.3, -0.25) is 0 Å². The number of carbonyl (C=O) groups excluding carboxylic acids is 1. The van der Waals surface area contributed by atoms with Gasteiger partial charge < -0.3 is 10.1 Å². The average Bonchev–Trinajstić information content (AvgIpc) is 2.11. The van der Waals surface area contributed by atoms with Gasteiger partial charge in [-0.2, -0.15) is 0 Å². The van der Waals surface area contributed by atoms with Gasteiger partial charge in [-0.15, -0.1) is 0 Å². The number of carbonyl (C=O) groups is 1. The van der Waals surface area contributed by atoms with E-state index in [1.165, 1.54) is 32.1 Å². The van der Waals surface area contributed by atoms with Crippen LogP contribution in [0, 0.1) is 0 Å². The van der Waals surface area contributed by atoms with Gasteiger partial charge in [-0.1, -0.05) is 39.0 Å². The third-order valence-electron chi connectivity index (χ3n) is 2.15. The molecule has 0 saturated carbocycles. The topological polar surface area (TPSA) is 29.1 Å². The second-order valence-electron chi connectivity index (χ2n) is 3.23. The number of rotatable bonds is 8. The molecule has 0 fully saturated rings. The van der Waals surface area contributed by atoms with Crippen molar-refractivity contribution in [2.75, 3.05) is 7.05 Å². The highest BCUT2D eigenvalue weighted by Crippen LogP contribution is 2.05.